The van der Waals surface area contributed by atoms with Gasteiger partial charge in [-0.1, -0.05) is 170 Å². The summed E-state index contributed by atoms with van der Waals surface area (Å²) in [6.07, 6.45) is 0. The first-order valence-electron chi connectivity index (χ1n) is 22.9. The Morgan fingerprint density at radius 3 is 2.02 bits per heavy atom. The summed E-state index contributed by atoms with van der Waals surface area (Å²) in [5.41, 5.74) is 22.7. The maximum absolute atomic E-state index is 2.71. The molecule has 0 unspecified atom stereocenters. The topological polar surface area (TPSA) is 9.86 Å². The largest absolute Gasteiger partial charge is 0.310 e. The maximum atomic E-state index is 2.71. The van der Waals surface area contributed by atoms with Crippen molar-refractivity contribution in [3.05, 3.63) is 174 Å². The number of rotatable bonds is 2. The highest BCUT2D eigenvalue weighted by Gasteiger charge is 2.46. The monoisotopic (exact) mass is 806 g/mol. The van der Waals surface area contributed by atoms with Gasteiger partial charge in [0.25, 0.3) is 6.71 Å². The van der Waals surface area contributed by atoms with Gasteiger partial charge in [-0.2, -0.15) is 0 Å². The van der Waals surface area contributed by atoms with Gasteiger partial charge in [0.05, 0.1) is 16.6 Å². The average molecular weight is 807 g/mol. The molecule has 4 heterocycles. The highest BCUT2D eigenvalue weighted by molar-refractivity contribution is 7.01. The van der Waals surface area contributed by atoms with Gasteiger partial charge < -0.3 is 9.13 Å². The molecule has 0 atom stereocenters. The Balaban J connectivity index is 1.25. The molecular weight excluding hydrogens is 759 g/mol. The molecule has 63 heavy (non-hydrogen) atoms. The van der Waals surface area contributed by atoms with Crippen LogP contribution in [0.5, 0.6) is 0 Å². The Bertz CT molecular complexity index is 3890. The van der Waals surface area contributed by atoms with E-state index in [0.29, 0.717) is 5.92 Å². The van der Waals surface area contributed by atoms with Gasteiger partial charge in [0, 0.05) is 43.9 Å². The molecule has 2 nitrogen and oxygen atoms in total. The molecular formula is C60H47BN2. The zero-order valence-electron chi connectivity index (χ0n) is 37.0. The van der Waals surface area contributed by atoms with E-state index in [-0.39, 0.29) is 17.5 Å². The minimum Gasteiger partial charge on any atom is -0.310 e. The van der Waals surface area contributed by atoms with Crippen molar-refractivity contribution in [2.24, 2.45) is 0 Å². The first-order chi connectivity index (χ1) is 30.5. The van der Waals surface area contributed by atoms with Crippen LogP contribution in [0.3, 0.4) is 0 Å². The molecule has 3 aliphatic rings. The Hall–Kier alpha value is -6.84. The molecule has 3 heteroatoms. The SMILES string of the molecule is CC(C)c1ccc2c3cc4c(ccc5ccccc54)c4c3n(c2c1)-c1cc(C(C)(C)C)cc2c1B4c1cc3c(c4c5ccc(-c6ccccc6)cc5n-2c14)-c1ccccc1C3(C)C. The summed E-state index contributed by atoms with van der Waals surface area (Å²) in [6, 6.07) is 58.9. The van der Waals surface area contributed by atoms with Gasteiger partial charge in [0.15, 0.2) is 0 Å². The number of hydrogen-bond donors (Lipinski definition) is 0. The van der Waals surface area contributed by atoms with Crippen molar-refractivity contribution in [1.29, 1.82) is 0 Å². The van der Waals surface area contributed by atoms with Crippen LogP contribution in [0.25, 0.3) is 98.8 Å². The summed E-state index contributed by atoms with van der Waals surface area (Å²) in [6.45, 7) is 16.7. The standard InChI is InChI=1S/C60H47BN2/c1-33(2)36-22-24-40-45-31-44-39-18-12-11-17-35(39)21-25-41(44)55-57(45)62(49(40)27-36)51-29-38(59(3,4)5)30-52-56(51)61(55)48-32-47-53(42-19-13-14-20-46(42)60(47,6)7)54-43-26-23-37(34-15-9-8-10-16-34)28-50(43)63(52)58(48)54/h8-33H,1-7H3. The molecule has 14 rings (SSSR count). The molecule has 11 aromatic rings. The van der Waals surface area contributed by atoms with Crippen LogP contribution in [0.2, 0.25) is 0 Å². The molecule has 0 radical (unpaired) electrons. The van der Waals surface area contributed by atoms with Crippen molar-refractivity contribution in [2.75, 3.05) is 0 Å². The van der Waals surface area contributed by atoms with Crippen LogP contribution in [-0.2, 0) is 10.8 Å². The molecule has 300 valence electrons. The van der Waals surface area contributed by atoms with Gasteiger partial charge in [-0.3, -0.25) is 0 Å². The minimum absolute atomic E-state index is 0.00970. The fourth-order valence-electron chi connectivity index (χ4n) is 12.5. The van der Waals surface area contributed by atoms with E-state index in [9.17, 15) is 0 Å². The van der Waals surface area contributed by atoms with Gasteiger partial charge in [-0.25, -0.2) is 0 Å². The fourth-order valence-corrected chi connectivity index (χ4v) is 12.5. The van der Waals surface area contributed by atoms with Gasteiger partial charge in [-0.05, 0) is 124 Å². The average Bonchev–Trinajstić information content (AvgIpc) is 3.89. The Morgan fingerprint density at radius 1 is 0.524 bits per heavy atom. The minimum atomic E-state index is -0.171. The number of fused-ring (bicyclic) bond motifs is 18. The molecule has 2 aromatic heterocycles. The van der Waals surface area contributed by atoms with Crippen molar-refractivity contribution >= 4 is 88.3 Å². The Kier molecular flexibility index (Phi) is 6.69. The van der Waals surface area contributed by atoms with Gasteiger partial charge in [0.2, 0.25) is 0 Å². The normalized spacial score (nSPS) is 14.5. The molecule has 0 saturated heterocycles. The quantitative estimate of drug-likeness (QED) is 0.122. The smallest absolute Gasteiger partial charge is 0.253 e. The Morgan fingerprint density at radius 2 is 1.22 bits per heavy atom. The lowest BCUT2D eigenvalue weighted by Crippen LogP contribution is -2.60. The summed E-state index contributed by atoms with van der Waals surface area (Å²) in [5.74, 6) is 0.411. The first-order valence-corrected chi connectivity index (χ1v) is 22.9. The molecule has 0 N–H and O–H groups in total. The van der Waals surface area contributed by atoms with E-state index in [2.05, 4.69) is 209 Å². The van der Waals surface area contributed by atoms with Crippen molar-refractivity contribution < 1.29 is 0 Å². The second-order valence-electron chi connectivity index (χ2n) is 20.7. The number of hydrogen-bond acceptors (Lipinski definition) is 0. The van der Waals surface area contributed by atoms with E-state index in [4.69, 9.17) is 0 Å². The summed E-state index contributed by atoms with van der Waals surface area (Å²) < 4.78 is 5.40. The summed E-state index contributed by atoms with van der Waals surface area (Å²) in [7, 11) is 0. The number of nitrogens with zero attached hydrogens (tertiary/aromatic N) is 2. The third kappa shape index (κ3) is 4.40. The van der Waals surface area contributed by atoms with Crippen molar-refractivity contribution in [1.82, 2.24) is 9.13 Å². The molecule has 0 spiro atoms. The lowest BCUT2D eigenvalue weighted by Gasteiger charge is -2.37. The van der Waals surface area contributed by atoms with Crippen molar-refractivity contribution in [3.8, 4) is 33.6 Å². The van der Waals surface area contributed by atoms with Gasteiger partial charge in [0.1, 0.15) is 0 Å². The highest BCUT2D eigenvalue weighted by atomic mass is 15.0. The molecule has 1 aliphatic carbocycles. The van der Waals surface area contributed by atoms with E-state index in [1.165, 1.54) is 137 Å². The van der Waals surface area contributed by atoms with Gasteiger partial charge >= 0.3 is 0 Å². The Labute approximate surface area is 368 Å². The summed E-state index contributed by atoms with van der Waals surface area (Å²) >= 11 is 0. The van der Waals surface area contributed by atoms with E-state index in [1.807, 2.05) is 0 Å². The first kappa shape index (κ1) is 35.7. The molecule has 0 bridgehead atoms. The third-order valence-corrected chi connectivity index (χ3v) is 15.6. The predicted octanol–water partition coefficient (Wildman–Crippen LogP) is 13.7. The fraction of sp³-hybridized carbons (Fsp3) is 0.167. The molecule has 2 aliphatic heterocycles. The molecule has 0 saturated carbocycles. The van der Waals surface area contributed by atoms with Crippen molar-refractivity contribution in [2.45, 2.75) is 65.2 Å². The lowest BCUT2D eigenvalue weighted by molar-refractivity contribution is 0.589. The van der Waals surface area contributed by atoms with Crippen LogP contribution in [0.15, 0.2) is 152 Å². The van der Waals surface area contributed by atoms with E-state index in [0.717, 1.165) is 0 Å². The summed E-state index contributed by atoms with van der Waals surface area (Å²) in [4.78, 5) is 0. The van der Waals surface area contributed by atoms with E-state index >= 15 is 0 Å². The second kappa shape index (κ2) is 11.8. The molecule has 9 aromatic carbocycles. The third-order valence-electron chi connectivity index (χ3n) is 15.6. The van der Waals surface area contributed by atoms with Crippen LogP contribution in [0, 0.1) is 0 Å². The second-order valence-corrected chi connectivity index (χ2v) is 20.7. The van der Waals surface area contributed by atoms with Crippen LogP contribution in [-0.4, -0.2) is 15.8 Å². The van der Waals surface area contributed by atoms with Crippen molar-refractivity contribution in [3.63, 3.8) is 0 Å². The predicted molar refractivity (Wildman–Crippen MR) is 271 cm³/mol. The molecule has 0 amide bonds. The molecule has 0 fully saturated rings. The number of aromatic nitrogens is 2. The summed E-state index contributed by atoms with van der Waals surface area (Å²) in [5, 5.41) is 10.7. The van der Waals surface area contributed by atoms with Crippen LogP contribution < -0.4 is 16.4 Å². The number of benzene rings is 9. The van der Waals surface area contributed by atoms with Crippen LogP contribution in [0.1, 0.15) is 76.6 Å². The maximum Gasteiger partial charge on any atom is 0.253 e. The zero-order valence-corrected chi connectivity index (χ0v) is 37.0. The lowest BCUT2D eigenvalue weighted by atomic mass is 9.33. The highest BCUT2D eigenvalue weighted by Crippen LogP contribution is 2.54. The van der Waals surface area contributed by atoms with E-state index in [1.54, 1.807) is 0 Å². The van der Waals surface area contributed by atoms with E-state index < -0.39 is 0 Å². The van der Waals surface area contributed by atoms with Crippen LogP contribution >= 0.6 is 0 Å². The van der Waals surface area contributed by atoms with Gasteiger partial charge in [-0.15, -0.1) is 0 Å². The zero-order chi connectivity index (χ0) is 42.4. The van der Waals surface area contributed by atoms with Crippen LogP contribution in [0.4, 0.5) is 0 Å².